The summed E-state index contributed by atoms with van der Waals surface area (Å²) in [6.07, 6.45) is 0. The Morgan fingerprint density at radius 2 is 1.83 bits per heavy atom. The van der Waals surface area contributed by atoms with Crippen LogP contribution in [0, 0.1) is 6.92 Å². The molecule has 0 aliphatic carbocycles. The van der Waals surface area contributed by atoms with Crippen LogP contribution in [0.5, 0.6) is 0 Å². The normalized spacial score (nSPS) is 16.8. The maximum atomic E-state index is 12.9. The van der Waals surface area contributed by atoms with Gasteiger partial charge in [-0.05, 0) is 19.1 Å². The van der Waals surface area contributed by atoms with Crippen LogP contribution in [-0.4, -0.2) is 57.0 Å². The third-order valence-corrected chi connectivity index (χ3v) is 4.04. The molecule has 0 N–H and O–H groups in total. The number of carbonyl (C=O) groups excluding carboxylic acids is 2. The highest BCUT2D eigenvalue weighted by Gasteiger charge is 2.39. The average Bonchev–Trinajstić information content (AvgIpc) is 2.94. The monoisotopic (exact) mass is 313 g/mol. The highest BCUT2D eigenvalue weighted by Crippen LogP contribution is 2.27. The minimum Gasteiger partial charge on any atom is -0.347 e. The summed E-state index contributed by atoms with van der Waals surface area (Å²) < 4.78 is 1.90. The number of carbonyl (C=O) groups is 2. The van der Waals surface area contributed by atoms with Crippen LogP contribution < -0.4 is 0 Å². The van der Waals surface area contributed by atoms with Crippen molar-refractivity contribution in [3.63, 3.8) is 0 Å². The van der Waals surface area contributed by atoms with Crippen molar-refractivity contribution in [2.75, 3.05) is 20.6 Å². The fraction of sp³-hybridized carbons (Fsp3) is 0.375. The zero-order valence-corrected chi connectivity index (χ0v) is 13.4. The van der Waals surface area contributed by atoms with Gasteiger partial charge in [-0.3, -0.25) is 9.59 Å². The van der Waals surface area contributed by atoms with E-state index in [0.29, 0.717) is 24.5 Å². The lowest BCUT2D eigenvalue weighted by Crippen LogP contribution is -2.48. The van der Waals surface area contributed by atoms with Gasteiger partial charge in [0, 0.05) is 32.7 Å². The summed E-state index contributed by atoms with van der Waals surface area (Å²) in [5.74, 6) is 0.931. The van der Waals surface area contributed by atoms with E-state index in [-0.39, 0.29) is 11.8 Å². The maximum Gasteiger partial charge on any atom is 0.254 e. The molecule has 0 spiro atoms. The Labute approximate surface area is 134 Å². The largest absolute Gasteiger partial charge is 0.347 e. The molecule has 0 fully saturated rings. The minimum atomic E-state index is -0.743. The fourth-order valence-electron chi connectivity index (χ4n) is 2.81. The van der Waals surface area contributed by atoms with Crippen molar-refractivity contribution in [2.45, 2.75) is 19.5 Å². The first-order chi connectivity index (χ1) is 11.0. The molecule has 1 unspecified atom stereocenters. The van der Waals surface area contributed by atoms with Gasteiger partial charge in [-0.2, -0.15) is 0 Å². The molecule has 7 nitrogen and oxygen atoms in total. The molecular weight excluding hydrogens is 294 g/mol. The van der Waals surface area contributed by atoms with Crippen LogP contribution in [0.3, 0.4) is 0 Å². The van der Waals surface area contributed by atoms with Crippen LogP contribution >= 0.6 is 0 Å². The number of aryl methyl sites for hydroxylation is 1. The molecule has 1 aliphatic heterocycles. The summed E-state index contributed by atoms with van der Waals surface area (Å²) in [7, 11) is 3.35. The number of amides is 2. The van der Waals surface area contributed by atoms with E-state index in [1.807, 2.05) is 29.7 Å². The van der Waals surface area contributed by atoms with Crippen molar-refractivity contribution in [3.05, 3.63) is 47.5 Å². The SMILES string of the molecule is Cc1nnc2n1CCN(C(=O)c1ccccc1)C2C(=O)N(C)C. The highest BCUT2D eigenvalue weighted by molar-refractivity contribution is 5.97. The van der Waals surface area contributed by atoms with Crippen molar-refractivity contribution in [1.29, 1.82) is 0 Å². The molecule has 0 radical (unpaired) electrons. The van der Waals surface area contributed by atoms with Crippen molar-refractivity contribution >= 4 is 11.8 Å². The van der Waals surface area contributed by atoms with E-state index in [4.69, 9.17) is 0 Å². The van der Waals surface area contributed by atoms with Gasteiger partial charge >= 0.3 is 0 Å². The molecule has 2 heterocycles. The van der Waals surface area contributed by atoms with E-state index in [2.05, 4.69) is 10.2 Å². The molecule has 7 heteroatoms. The lowest BCUT2D eigenvalue weighted by Gasteiger charge is -2.36. The number of aromatic nitrogens is 3. The van der Waals surface area contributed by atoms with Gasteiger partial charge in [0.25, 0.3) is 11.8 Å². The predicted molar refractivity (Wildman–Crippen MR) is 83.7 cm³/mol. The number of likely N-dealkylation sites (N-methyl/N-ethyl adjacent to an activating group) is 1. The van der Waals surface area contributed by atoms with Gasteiger partial charge in [0.2, 0.25) is 0 Å². The van der Waals surface area contributed by atoms with E-state index in [0.717, 1.165) is 5.82 Å². The number of benzene rings is 1. The molecule has 23 heavy (non-hydrogen) atoms. The Morgan fingerprint density at radius 3 is 2.48 bits per heavy atom. The Bertz CT molecular complexity index is 738. The molecule has 1 aromatic carbocycles. The lowest BCUT2D eigenvalue weighted by molar-refractivity contribution is -0.134. The van der Waals surface area contributed by atoms with Crippen LogP contribution in [0.2, 0.25) is 0 Å². The van der Waals surface area contributed by atoms with Crippen LogP contribution in [0.1, 0.15) is 28.0 Å². The van der Waals surface area contributed by atoms with Crippen molar-refractivity contribution in [2.24, 2.45) is 0 Å². The maximum absolute atomic E-state index is 12.9. The number of fused-ring (bicyclic) bond motifs is 1. The molecule has 2 aromatic rings. The second-order valence-electron chi connectivity index (χ2n) is 5.76. The average molecular weight is 313 g/mol. The number of nitrogens with zero attached hydrogens (tertiary/aromatic N) is 5. The summed E-state index contributed by atoms with van der Waals surface area (Å²) >= 11 is 0. The first-order valence-corrected chi connectivity index (χ1v) is 7.47. The van der Waals surface area contributed by atoms with Crippen LogP contribution in [0.25, 0.3) is 0 Å². The lowest BCUT2D eigenvalue weighted by atomic mass is 10.1. The molecule has 0 bridgehead atoms. The van der Waals surface area contributed by atoms with Gasteiger partial charge in [-0.1, -0.05) is 18.2 Å². The predicted octanol–water partition coefficient (Wildman–Crippen LogP) is 0.872. The first-order valence-electron chi connectivity index (χ1n) is 7.47. The zero-order valence-electron chi connectivity index (χ0n) is 13.4. The van der Waals surface area contributed by atoms with E-state index in [1.165, 1.54) is 4.90 Å². The quantitative estimate of drug-likeness (QED) is 0.825. The van der Waals surface area contributed by atoms with E-state index in [1.54, 1.807) is 31.1 Å². The van der Waals surface area contributed by atoms with E-state index in [9.17, 15) is 9.59 Å². The van der Waals surface area contributed by atoms with Gasteiger partial charge in [0.15, 0.2) is 11.9 Å². The van der Waals surface area contributed by atoms with Crippen LogP contribution in [0.15, 0.2) is 30.3 Å². The van der Waals surface area contributed by atoms with Crippen molar-refractivity contribution in [3.8, 4) is 0 Å². The Hall–Kier alpha value is -2.70. The van der Waals surface area contributed by atoms with Gasteiger partial charge in [-0.15, -0.1) is 10.2 Å². The third kappa shape index (κ3) is 2.58. The van der Waals surface area contributed by atoms with Crippen molar-refractivity contribution < 1.29 is 9.59 Å². The summed E-state index contributed by atoms with van der Waals surface area (Å²) in [5, 5.41) is 8.20. The summed E-state index contributed by atoms with van der Waals surface area (Å²) in [6.45, 7) is 2.89. The molecule has 1 aromatic heterocycles. The van der Waals surface area contributed by atoms with Crippen LogP contribution in [0.4, 0.5) is 0 Å². The summed E-state index contributed by atoms with van der Waals surface area (Å²) in [6, 6.07) is 8.25. The topological polar surface area (TPSA) is 71.3 Å². The van der Waals surface area contributed by atoms with E-state index < -0.39 is 6.04 Å². The molecule has 3 rings (SSSR count). The van der Waals surface area contributed by atoms with E-state index >= 15 is 0 Å². The molecule has 0 saturated carbocycles. The highest BCUT2D eigenvalue weighted by atomic mass is 16.2. The molecule has 120 valence electrons. The number of rotatable bonds is 2. The molecule has 1 aliphatic rings. The molecular formula is C16H19N5O2. The second kappa shape index (κ2) is 5.83. The standard InChI is InChI=1S/C16H19N5O2/c1-11-17-18-14-13(16(23)19(2)3)21(10-9-20(11)14)15(22)12-7-5-4-6-8-12/h4-8,13H,9-10H2,1-3H3. The Kier molecular flexibility index (Phi) is 3.85. The third-order valence-electron chi connectivity index (χ3n) is 4.04. The van der Waals surface area contributed by atoms with Crippen LogP contribution in [-0.2, 0) is 11.3 Å². The van der Waals surface area contributed by atoms with Crippen molar-refractivity contribution in [1.82, 2.24) is 24.6 Å². The molecule has 2 amide bonds. The second-order valence-corrected chi connectivity index (χ2v) is 5.76. The summed E-state index contributed by atoms with van der Waals surface area (Å²) in [5.41, 5.74) is 0.564. The Morgan fingerprint density at radius 1 is 1.13 bits per heavy atom. The number of hydrogen-bond donors (Lipinski definition) is 0. The fourth-order valence-corrected chi connectivity index (χ4v) is 2.81. The molecule has 1 atom stereocenters. The Balaban J connectivity index is 2.02. The smallest absolute Gasteiger partial charge is 0.254 e. The minimum absolute atomic E-state index is 0.169. The van der Waals surface area contributed by atoms with Gasteiger partial charge in [0.1, 0.15) is 5.82 Å². The van der Waals surface area contributed by atoms with Gasteiger partial charge in [-0.25, -0.2) is 0 Å². The zero-order chi connectivity index (χ0) is 16.6. The van der Waals surface area contributed by atoms with Gasteiger partial charge < -0.3 is 14.4 Å². The number of hydrogen-bond acceptors (Lipinski definition) is 4. The first kappa shape index (κ1) is 15.2. The van der Waals surface area contributed by atoms with Gasteiger partial charge in [0.05, 0.1) is 0 Å². The summed E-state index contributed by atoms with van der Waals surface area (Å²) in [4.78, 5) is 28.6. The molecule has 0 saturated heterocycles.